The number of ether oxygens (including phenoxy) is 1. The molecule has 2 aromatic heterocycles. The first kappa shape index (κ1) is 17.8. The Morgan fingerprint density at radius 2 is 2.21 bits per heavy atom. The van der Waals surface area contributed by atoms with E-state index in [1.54, 1.807) is 0 Å². The molecule has 0 spiro atoms. The summed E-state index contributed by atoms with van der Waals surface area (Å²) >= 11 is 8.00. The predicted molar refractivity (Wildman–Crippen MR) is 109 cm³/mol. The van der Waals surface area contributed by atoms with Crippen molar-refractivity contribution in [3.05, 3.63) is 46.2 Å². The number of fused-ring (bicyclic) bond motifs is 3. The van der Waals surface area contributed by atoms with Crippen LogP contribution in [0.3, 0.4) is 0 Å². The van der Waals surface area contributed by atoms with Crippen LogP contribution in [0.25, 0.3) is 16.3 Å². The van der Waals surface area contributed by atoms with Gasteiger partial charge >= 0.3 is 0 Å². The molecule has 1 fully saturated rings. The van der Waals surface area contributed by atoms with E-state index in [1.165, 1.54) is 23.8 Å². The van der Waals surface area contributed by atoms with E-state index in [1.807, 2.05) is 28.9 Å². The van der Waals surface area contributed by atoms with Gasteiger partial charge in [-0.05, 0) is 37.8 Å². The van der Waals surface area contributed by atoms with Crippen molar-refractivity contribution >= 4 is 34.0 Å². The van der Waals surface area contributed by atoms with Crippen LogP contribution in [0.1, 0.15) is 42.8 Å². The smallest absolute Gasteiger partial charge is 0.223 e. The van der Waals surface area contributed by atoms with Crippen molar-refractivity contribution in [1.82, 2.24) is 14.8 Å². The number of aryl methyl sites for hydroxylation is 1. The molecule has 6 nitrogen and oxygen atoms in total. The molecule has 1 amide bonds. The molecule has 1 saturated heterocycles. The third-order valence-electron chi connectivity index (χ3n) is 5.14. The van der Waals surface area contributed by atoms with E-state index in [0.29, 0.717) is 10.2 Å². The summed E-state index contributed by atoms with van der Waals surface area (Å²) in [7, 11) is 0. The lowest BCUT2D eigenvalue weighted by Gasteiger charge is -2.15. The van der Waals surface area contributed by atoms with E-state index in [4.69, 9.17) is 21.4 Å². The molecule has 1 atom stereocenters. The Bertz CT molecular complexity index is 1070. The van der Waals surface area contributed by atoms with E-state index in [2.05, 4.69) is 10.3 Å². The Balaban J connectivity index is 1.71. The summed E-state index contributed by atoms with van der Waals surface area (Å²) in [5.41, 5.74) is 5.07. The maximum absolute atomic E-state index is 11.5. The number of nitrogens with zero attached hydrogens (tertiary/aromatic N) is 3. The normalized spacial score (nSPS) is 18.0. The molecule has 1 N–H and O–H groups in total. The zero-order valence-corrected chi connectivity index (χ0v) is 16.9. The molecule has 1 aliphatic heterocycles. The Labute approximate surface area is 171 Å². The molecular formula is C20H19ClN4O2S. The summed E-state index contributed by atoms with van der Waals surface area (Å²) < 4.78 is 7.89. The monoisotopic (exact) mass is 414 g/mol. The summed E-state index contributed by atoms with van der Waals surface area (Å²) in [5, 5.41) is 9.05. The van der Waals surface area contributed by atoms with Gasteiger partial charge in [-0.15, -0.1) is 0 Å². The molecule has 2 aliphatic rings. The highest BCUT2D eigenvalue weighted by Crippen LogP contribution is 2.45. The van der Waals surface area contributed by atoms with Gasteiger partial charge in [0.15, 0.2) is 5.13 Å². The van der Waals surface area contributed by atoms with Crippen LogP contribution in [0, 0.1) is 0 Å². The third-order valence-corrected chi connectivity index (χ3v) is 6.48. The lowest BCUT2D eigenvalue weighted by atomic mass is 9.95. The van der Waals surface area contributed by atoms with Gasteiger partial charge in [0.1, 0.15) is 6.10 Å². The standard InChI is InChI=1S/C20H19ClN4O2S/c1-11(26)22-20-23-14-9-8-12-17(16-7-4-10-27-16)24-25(18(12)19(14)28-20)15-6-3-2-5-13(15)21/h2-3,5-6,16H,4,7-10H2,1H3,(H,22,23,26). The van der Waals surface area contributed by atoms with Crippen molar-refractivity contribution in [3.63, 3.8) is 0 Å². The average Bonchev–Trinajstić information content (AvgIpc) is 3.38. The van der Waals surface area contributed by atoms with E-state index in [9.17, 15) is 4.79 Å². The second-order valence-corrected chi connectivity index (χ2v) is 8.46. The maximum atomic E-state index is 11.5. The predicted octanol–water partition coefficient (Wildman–Crippen LogP) is 4.56. The average molecular weight is 415 g/mol. The van der Waals surface area contributed by atoms with Gasteiger partial charge in [0.25, 0.3) is 0 Å². The van der Waals surface area contributed by atoms with Crippen molar-refractivity contribution in [2.45, 2.75) is 38.7 Å². The maximum Gasteiger partial charge on any atom is 0.223 e. The van der Waals surface area contributed by atoms with E-state index in [-0.39, 0.29) is 12.0 Å². The van der Waals surface area contributed by atoms with E-state index >= 15 is 0 Å². The first-order valence-electron chi connectivity index (χ1n) is 9.38. The van der Waals surface area contributed by atoms with Gasteiger partial charge < -0.3 is 10.1 Å². The zero-order chi connectivity index (χ0) is 19.3. The second kappa shape index (κ2) is 6.99. The van der Waals surface area contributed by atoms with Crippen LogP contribution in [-0.4, -0.2) is 27.3 Å². The van der Waals surface area contributed by atoms with Gasteiger partial charge in [-0.2, -0.15) is 5.10 Å². The number of carbonyl (C=O) groups excluding carboxylic acids is 1. The van der Waals surface area contributed by atoms with Crippen molar-refractivity contribution in [2.75, 3.05) is 11.9 Å². The summed E-state index contributed by atoms with van der Waals surface area (Å²) in [6, 6.07) is 7.71. The highest BCUT2D eigenvalue weighted by Gasteiger charge is 2.33. The fraction of sp³-hybridized carbons (Fsp3) is 0.350. The highest BCUT2D eigenvalue weighted by atomic mass is 35.5. The topological polar surface area (TPSA) is 69.0 Å². The second-order valence-electron chi connectivity index (χ2n) is 7.05. The number of amides is 1. The SMILES string of the molecule is CC(=O)Nc1nc2c(s1)-c1c(c(C3CCCO3)nn1-c1ccccc1Cl)CC2. The third kappa shape index (κ3) is 2.94. The van der Waals surface area contributed by atoms with E-state index in [0.717, 1.165) is 59.9 Å². The molecule has 1 unspecified atom stereocenters. The summed E-state index contributed by atoms with van der Waals surface area (Å²) in [6.45, 7) is 2.27. The number of thiazole rings is 1. The number of aromatic nitrogens is 3. The summed E-state index contributed by atoms with van der Waals surface area (Å²) in [5.74, 6) is -0.119. The number of anilines is 1. The fourth-order valence-electron chi connectivity index (χ4n) is 3.95. The number of hydrogen-bond donors (Lipinski definition) is 1. The van der Waals surface area contributed by atoms with Gasteiger partial charge in [-0.1, -0.05) is 35.1 Å². The Hall–Kier alpha value is -2.22. The summed E-state index contributed by atoms with van der Waals surface area (Å²) in [4.78, 5) is 17.2. The molecule has 1 aliphatic carbocycles. The minimum atomic E-state index is -0.119. The summed E-state index contributed by atoms with van der Waals surface area (Å²) in [6.07, 6.45) is 3.74. The van der Waals surface area contributed by atoms with Crippen LogP contribution in [0.4, 0.5) is 5.13 Å². The number of halogens is 1. The molecule has 1 aromatic carbocycles. The molecule has 28 heavy (non-hydrogen) atoms. The number of benzene rings is 1. The quantitative estimate of drug-likeness (QED) is 0.682. The molecule has 3 heterocycles. The molecule has 0 radical (unpaired) electrons. The van der Waals surface area contributed by atoms with Gasteiger partial charge in [0, 0.05) is 19.1 Å². The Kier molecular flexibility index (Phi) is 4.45. The molecule has 3 aromatic rings. The molecular weight excluding hydrogens is 396 g/mol. The lowest BCUT2D eigenvalue weighted by molar-refractivity contribution is -0.114. The van der Waals surface area contributed by atoms with Gasteiger partial charge in [-0.25, -0.2) is 9.67 Å². The number of carbonyl (C=O) groups is 1. The van der Waals surface area contributed by atoms with Crippen LogP contribution in [0.2, 0.25) is 5.02 Å². The molecule has 0 saturated carbocycles. The van der Waals surface area contributed by atoms with Crippen LogP contribution in [0.15, 0.2) is 24.3 Å². The largest absolute Gasteiger partial charge is 0.372 e. The number of nitrogens with one attached hydrogen (secondary N) is 1. The lowest BCUT2D eigenvalue weighted by Crippen LogP contribution is -2.07. The van der Waals surface area contributed by atoms with Crippen LogP contribution in [-0.2, 0) is 22.4 Å². The molecule has 0 bridgehead atoms. The minimum absolute atomic E-state index is 0.0294. The highest BCUT2D eigenvalue weighted by molar-refractivity contribution is 7.19. The van der Waals surface area contributed by atoms with Gasteiger partial charge in [0.05, 0.1) is 32.7 Å². The van der Waals surface area contributed by atoms with Gasteiger partial charge in [0.2, 0.25) is 5.91 Å². The van der Waals surface area contributed by atoms with Crippen LogP contribution in [0.5, 0.6) is 0 Å². The zero-order valence-electron chi connectivity index (χ0n) is 15.4. The first-order chi connectivity index (χ1) is 13.6. The molecule has 144 valence electrons. The first-order valence-corrected chi connectivity index (χ1v) is 10.6. The van der Waals surface area contributed by atoms with Crippen molar-refractivity contribution in [1.29, 1.82) is 0 Å². The van der Waals surface area contributed by atoms with Crippen molar-refractivity contribution in [3.8, 4) is 16.3 Å². The number of rotatable bonds is 3. The van der Waals surface area contributed by atoms with E-state index < -0.39 is 0 Å². The Morgan fingerprint density at radius 3 is 2.96 bits per heavy atom. The van der Waals surface area contributed by atoms with Crippen molar-refractivity contribution < 1.29 is 9.53 Å². The molecule has 5 rings (SSSR count). The Morgan fingerprint density at radius 1 is 1.36 bits per heavy atom. The molecule has 8 heteroatoms. The fourth-order valence-corrected chi connectivity index (χ4v) is 5.28. The minimum Gasteiger partial charge on any atom is -0.372 e. The number of para-hydroxylation sites is 1. The number of hydrogen-bond acceptors (Lipinski definition) is 5. The van der Waals surface area contributed by atoms with Crippen molar-refractivity contribution in [2.24, 2.45) is 0 Å². The van der Waals surface area contributed by atoms with Crippen LogP contribution >= 0.6 is 22.9 Å². The van der Waals surface area contributed by atoms with Gasteiger partial charge in [-0.3, -0.25) is 4.79 Å². The van der Waals surface area contributed by atoms with Crippen LogP contribution < -0.4 is 5.32 Å².